The topological polar surface area (TPSA) is 69.4 Å². The van der Waals surface area contributed by atoms with E-state index in [9.17, 15) is 9.59 Å². The van der Waals surface area contributed by atoms with E-state index >= 15 is 0 Å². The van der Waals surface area contributed by atoms with Crippen LogP contribution < -0.4 is 5.63 Å². The molecule has 0 saturated carbocycles. The predicted octanol–water partition coefficient (Wildman–Crippen LogP) is 4.59. The van der Waals surface area contributed by atoms with Gasteiger partial charge in [-0.3, -0.25) is 4.98 Å². The number of ether oxygens (including phenoxy) is 1. The number of esters is 1. The normalized spacial score (nSPS) is 13.2. The van der Waals surface area contributed by atoms with Crippen molar-refractivity contribution in [2.45, 2.75) is 25.9 Å². The summed E-state index contributed by atoms with van der Waals surface area (Å²) < 4.78 is 10.8. The van der Waals surface area contributed by atoms with Crippen molar-refractivity contribution in [2.75, 3.05) is 0 Å². The fourth-order valence-electron chi connectivity index (χ4n) is 4.03. The van der Waals surface area contributed by atoms with Gasteiger partial charge in [-0.25, -0.2) is 9.59 Å². The Bertz CT molecular complexity index is 1360. The highest BCUT2D eigenvalue weighted by atomic mass is 16.5. The molecule has 1 aliphatic rings. The lowest BCUT2D eigenvalue weighted by atomic mass is 10.0. The molecule has 5 rings (SSSR count). The van der Waals surface area contributed by atoms with Gasteiger partial charge in [0.15, 0.2) is 0 Å². The summed E-state index contributed by atoms with van der Waals surface area (Å²) in [5.74, 6) is -0.481. The van der Waals surface area contributed by atoms with Gasteiger partial charge in [0, 0.05) is 40.2 Å². The lowest BCUT2D eigenvalue weighted by Crippen LogP contribution is -2.06. The number of carbonyl (C=O) groups is 1. The molecule has 0 fully saturated rings. The van der Waals surface area contributed by atoms with Gasteiger partial charge in [-0.2, -0.15) is 0 Å². The summed E-state index contributed by atoms with van der Waals surface area (Å²) >= 11 is 0. The van der Waals surface area contributed by atoms with E-state index in [0.29, 0.717) is 11.1 Å². The molecule has 5 nitrogen and oxygen atoms in total. The molecule has 30 heavy (non-hydrogen) atoms. The summed E-state index contributed by atoms with van der Waals surface area (Å²) in [5.41, 5.74) is 4.93. The third kappa shape index (κ3) is 3.50. The molecule has 0 unspecified atom stereocenters. The van der Waals surface area contributed by atoms with Crippen LogP contribution in [0.5, 0.6) is 0 Å². The van der Waals surface area contributed by atoms with Crippen molar-refractivity contribution in [3.8, 4) is 0 Å². The van der Waals surface area contributed by atoms with Crippen LogP contribution in [0.25, 0.3) is 27.9 Å². The average molecular weight is 397 g/mol. The zero-order valence-corrected chi connectivity index (χ0v) is 16.3. The summed E-state index contributed by atoms with van der Waals surface area (Å²) in [5, 5.41) is 1.83. The number of rotatable bonds is 4. The molecule has 0 atom stereocenters. The zero-order chi connectivity index (χ0) is 20.5. The number of aromatic nitrogens is 1. The van der Waals surface area contributed by atoms with Gasteiger partial charge in [-0.15, -0.1) is 0 Å². The fourth-order valence-corrected chi connectivity index (χ4v) is 4.03. The minimum absolute atomic E-state index is 0.0118. The Balaban J connectivity index is 1.37. The maximum Gasteiger partial charge on any atom is 0.336 e. The van der Waals surface area contributed by atoms with Crippen LogP contribution in [-0.2, 0) is 29.0 Å². The van der Waals surface area contributed by atoms with Gasteiger partial charge < -0.3 is 9.15 Å². The second-order valence-corrected chi connectivity index (χ2v) is 7.42. The van der Waals surface area contributed by atoms with Crippen LogP contribution >= 0.6 is 0 Å². The molecule has 4 aromatic rings. The highest BCUT2D eigenvalue weighted by Gasteiger charge is 2.15. The minimum atomic E-state index is -0.481. The summed E-state index contributed by atoms with van der Waals surface area (Å²) in [6.45, 7) is 0.0118. The molecule has 0 spiro atoms. The van der Waals surface area contributed by atoms with Crippen LogP contribution in [0.2, 0.25) is 0 Å². The molecule has 0 saturated heterocycles. The van der Waals surface area contributed by atoms with Crippen LogP contribution in [0.1, 0.15) is 28.7 Å². The average Bonchev–Trinajstić information content (AvgIpc) is 3.22. The SMILES string of the molecule is O=C(/C=C/c1cccc2cccnc12)OCc1cc(=O)oc2cc3c(cc12)CCC3. The maximum atomic E-state index is 12.3. The highest BCUT2D eigenvalue weighted by Crippen LogP contribution is 2.28. The number of aryl methyl sites for hydroxylation is 2. The van der Waals surface area contributed by atoms with E-state index in [0.717, 1.165) is 41.1 Å². The monoisotopic (exact) mass is 397 g/mol. The van der Waals surface area contributed by atoms with Crippen molar-refractivity contribution in [3.05, 3.63) is 93.5 Å². The predicted molar refractivity (Wildman–Crippen MR) is 115 cm³/mol. The quantitative estimate of drug-likeness (QED) is 0.286. The molecule has 0 aliphatic heterocycles. The first-order valence-electron chi connectivity index (χ1n) is 9.94. The highest BCUT2D eigenvalue weighted by molar-refractivity contribution is 5.93. The van der Waals surface area contributed by atoms with Crippen molar-refractivity contribution in [2.24, 2.45) is 0 Å². The largest absolute Gasteiger partial charge is 0.458 e. The number of fused-ring (bicyclic) bond motifs is 3. The molecular formula is C25H19NO4. The summed E-state index contributed by atoms with van der Waals surface area (Å²) in [6, 6.07) is 15.0. The number of para-hydroxylation sites is 1. The molecule has 148 valence electrons. The summed E-state index contributed by atoms with van der Waals surface area (Å²) in [6.07, 6.45) is 7.93. The van der Waals surface area contributed by atoms with Gasteiger partial charge in [-0.05, 0) is 54.7 Å². The Hall–Kier alpha value is -3.73. The number of hydrogen-bond acceptors (Lipinski definition) is 5. The van der Waals surface area contributed by atoms with E-state index in [-0.39, 0.29) is 6.61 Å². The molecule has 2 aromatic heterocycles. The molecule has 2 aromatic carbocycles. The van der Waals surface area contributed by atoms with E-state index in [2.05, 4.69) is 11.1 Å². The van der Waals surface area contributed by atoms with Crippen molar-refractivity contribution in [1.29, 1.82) is 0 Å². The van der Waals surface area contributed by atoms with Gasteiger partial charge >= 0.3 is 11.6 Å². The van der Waals surface area contributed by atoms with Crippen LogP contribution in [0, 0.1) is 0 Å². The van der Waals surface area contributed by atoms with Crippen LogP contribution in [0.15, 0.2) is 70.0 Å². The van der Waals surface area contributed by atoms with Crippen molar-refractivity contribution < 1.29 is 13.9 Å². The number of pyridine rings is 1. The Morgan fingerprint density at radius 1 is 1.10 bits per heavy atom. The number of carbonyl (C=O) groups excluding carboxylic acids is 1. The smallest absolute Gasteiger partial charge is 0.336 e. The first-order valence-corrected chi connectivity index (χ1v) is 9.94. The second kappa shape index (κ2) is 7.59. The molecule has 0 bridgehead atoms. The first-order chi connectivity index (χ1) is 14.7. The van der Waals surface area contributed by atoms with Gasteiger partial charge in [0.2, 0.25) is 0 Å². The Kier molecular flexibility index (Phi) is 4.64. The van der Waals surface area contributed by atoms with Crippen molar-refractivity contribution >= 4 is 33.9 Å². The van der Waals surface area contributed by atoms with E-state index in [1.54, 1.807) is 12.3 Å². The molecular weight excluding hydrogens is 378 g/mol. The van der Waals surface area contributed by atoms with Crippen LogP contribution in [0.4, 0.5) is 0 Å². The Morgan fingerprint density at radius 3 is 2.83 bits per heavy atom. The number of nitrogens with zero attached hydrogens (tertiary/aromatic N) is 1. The number of hydrogen-bond donors (Lipinski definition) is 0. The van der Waals surface area contributed by atoms with E-state index < -0.39 is 11.6 Å². The zero-order valence-electron chi connectivity index (χ0n) is 16.3. The molecule has 5 heteroatoms. The standard InChI is InChI=1S/C25H19NO4/c27-23(10-9-17-5-1-4-16-8-3-11-26-25(16)17)29-15-20-14-24(28)30-22-13-19-7-2-6-18(19)12-21(20)22/h1,3-5,8-14H,2,6-7,15H2/b10-9+. The fraction of sp³-hybridized carbons (Fsp3) is 0.160. The van der Waals surface area contributed by atoms with Gasteiger partial charge in [0.1, 0.15) is 12.2 Å². The summed E-state index contributed by atoms with van der Waals surface area (Å²) in [7, 11) is 0. The van der Waals surface area contributed by atoms with E-state index in [1.165, 1.54) is 23.3 Å². The van der Waals surface area contributed by atoms with Gasteiger partial charge in [-0.1, -0.05) is 24.3 Å². The maximum absolute atomic E-state index is 12.3. The molecule has 0 N–H and O–H groups in total. The Labute approximate surface area is 172 Å². The molecule has 0 amide bonds. The lowest BCUT2D eigenvalue weighted by molar-refractivity contribution is -0.138. The Morgan fingerprint density at radius 2 is 1.93 bits per heavy atom. The number of benzene rings is 2. The molecule has 2 heterocycles. The van der Waals surface area contributed by atoms with Crippen molar-refractivity contribution in [1.82, 2.24) is 4.98 Å². The summed E-state index contributed by atoms with van der Waals surface area (Å²) in [4.78, 5) is 28.6. The van der Waals surface area contributed by atoms with Gasteiger partial charge in [0.05, 0.1) is 5.52 Å². The van der Waals surface area contributed by atoms with Crippen LogP contribution in [0.3, 0.4) is 0 Å². The second-order valence-electron chi connectivity index (χ2n) is 7.42. The van der Waals surface area contributed by atoms with E-state index in [1.807, 2.05) is 36.4 Å². The van der Waals surface area contributed by atoms with Crippen molar-refractivity contribution in [3.63, 3.8) is 0 Å². The third-order valence-corrected chi connectivity index (χ3v) is 5.48. The van der Waals surface area contributed by atoms with Crippen LogP contribution in [-0.4, -0.2) is 11.0 Å². The minimum Gasteiger partial charge on any atom is -0.458 e. The lowest BCUT2D eigenvalue weighted by Gasteiger charge is -2.08. The van der Waals surface area contributed by atoms with Gasteiger partial charge in [0.25, 0.3) is 0 Å². The third-order valence-electron chi connectivity index (χ3n) is 5.48. The molecule has 0 radical (unpaired) electrons. The first kappa shape index (κ1) is 18.3. The molecule has 1 aliphatic carbocycles. The van der Waals surface area contributed by atoms with E-state index in [4.69, 9.17) is 9.15 Å².